The molecule has 2 heterocycles. The van der Waals surface area contributed by atoms with Crippen molar-refractivity contribution in [2.24, 2.45) is 0 Å². The molecule has 0 spiro atoms. The van der Waals surface area contributed by atoms with Crippen LogP contribution in [0.2, 0.25) is 0 Å². The Labute approximate surface area is 139 Å². The van der Waals surface area contributed by atoms with E-state index < -0.39 is 5.97 Å². The number of hydrogen-bond acceptors (Lipinski definition) is 3. The molecule has 0 radical (unpaired) electrons. The Morgan fingerprint density at radius 3 is 2.52 bits per heavy atom. The van der Waals surface area contributed by atoms with E-state index in [4.69, 9.17) is 9.84 Å². The van der Waals surface area contributed by atoms with Gasteiger partial charge >= 0.3 is 5.97 Å². The number of carbonyl (C=O) groups is 1. The van der Waals surface area contributed by atoms with Gasteiger partial charge in [0.1, 0.15) is 11.4 Å². The van der Waals surface area contributed by atoms with E-state index in [1.807, 2.05) is 61.0 Å². The standard InChI is InChI=1S/C18H19NO3S/c1-18(2,3)22-15-6-4-12(5-7-15)13-8-16-19(10-13)14(11-23-16)9-17(20)21/h4-8,10-11H,9H2,1-3H3,(H,20,21). The van der Waals surface area contributed by atoms with Crippen LogP contribution in [0.25, 0.3) is 16.0 Å². The van der Waals surface area contributed by atoms with Crippen LogP contribution in [0.3, 0.4) is 0 Å². The number of carboxylic acid groups (broad SMARTS) is 1. The maximum Gasteiger partial charge on any atom is 0.309 e. The van der Waals surface area contributed by atoms with Crippen molar-refractivity contribution in [3.05, 3.63) is 47.6 Å². The van der Waals surface area contributed by atoms with Crippen LogP contribution in [-0.4, -0.2) is 21.1 Å². The fourth-order valence-electron chi connectivity index (χ4n) is 2.45. The normalized spacial score (nSPS) is 11.8. The van der Waals surface area contributed by atoms with Gasteiger partial charge in [0.2, 0.25) is 0 Å². The molecule has 4 nitrogen and oxygen atoms in total. The van der Waals surface area contributed by atoms with Gasteiger partial charge in [-0.2, -0.15) is 0 Å². The zero-order valence-corrected chi connectivity index (χ0v) is 14.2. The number of thiazole rings is 1. The van der Waals surface area contributed by atoms with Crippen molar-refractivity contribution in [1.82, 2.24) is 4.40 Å². The summed E-state index contributed by atoms with van der Waals surface area (Å²) in [5.74, 6) is 0.0254. The molecule has 0 aliphatic carbocycles. The molecular weight excluding hydrogens is 310 g/mol. The maximum atomic E-state index is 10.9. The van der Waals surface area contributed by atoms with Crippen LogP contribution in [0.4, 0.5) is 0 Å². The lowest BCUT2D eigenvalue weighted by Gasteiger charge is -2.21. The minimum absolute atomic E-state index is 0.0342. The number of nitrogens with zero attached hydrogens (tertiary/aromatic N) is 1. The first kappa shape index (κ1) is 15.6. The first-order valence-corrected chi connectivity index (χ1v) is 8.29. The van der Waals surface area contributed by atoms with Crippen LogP contribution in [-0.2, 0) is 11.2 Å². The van der Waals surface area contributed by atoms with E-state index in [9.17, 15) is 4.79 Å². The summed E-state index contributed by atoms with van der Waals surface area (Å²) in [6.45, 7) is 6.06. The first-order chi connectivity index (χ1) is 10.8. The third-order valence-corrected chi connectivity index (χ3v) is 4.30. The zero-order chi connectivity index (χ0) is 16.6. The number of aromatic nitrogens is 1. The van der Waals surface area contributed by atoms with E-state index in [1.54, 1.807) is 11.3 Å². The molecule has 0 saturated heterocycles. The van der Waals surface area contributed by atoms with Gasteiger partial charge in [-0.15, -0.1) is 11.3 Å². The Bertz CT molecular complexity index is 837. The number of rotatable bonds is 4. The second-order valence-corrected chi connectivity index (χ2v) is 7.36. The largest absolute Gasteiger partial charge is 0.488 e. The van der Waals surface area contributed by atoms with Gasteiger partial charge in [-0.05, 0) is 44.5 Å². The molecule has 0 aliphatic rings. The summed E-state index contributed by atoms with van der Waals surface area (Å²) in [7, 11) is 0. The molecule has 3 rings (SSSR count). The lowest BCUT2D eigenvalue weighted by Crippen LogP contribution is -2.22. The topological polar surface area (TPSA) is 50.9 Å². The molecule has 0 aliphatic heterocycles. The van der Waals surface area contributed by atoms with Crippen molar-refractivity contribution in [3.63, 3.8) is 0 Å². The van der Waals surface area contributed by atoms with Crippen LogP contribution >= 0.6 is 11.3 Å². The molecule has 0 unspecified atom stereocenters. The molecule has 0 fully saturated rings. The lowest BCUT2D eigenvalue weighted by atomic mass is 10.1. The zero-order valence-electron chi connectivity index (χ0n) is 13.4. The highest BCUT2D eigenvalue weighted by molar-refractivity contribution is 7.15. The van der Waals surface area contributed by atoms with Crippen molar-refractivity contribution in [2.75, 3.05) is 0 Å². The van der Waals surface area contributed by atoms with Crippen LogP contribution in [0, 0.1) is 0 Å². The Balaban J connectivity index is 1.88. The summed E-state index contributed by atoms with van der Waals surface area (Å²) in [6.07, 6.45) is 2.02. The monoisotopic (exact) mass is 329 g/mol. The van der Waals surface area contributed by atoms with Crippen LogP contribution < -0.4 is 4.74 Å². The van der Waals surface area contributed by atoms with Gasteiger partial charge in [0.15, 0.2) is 0 Å². The summed E-state index contributed by atoms with van der Waals surface area (Å²) in [6, 6.07) is 10.1. The molecule has 120 valence electrons. The van der Waals surface area contributed by atoms with Crippen molar-refractivity contribution in [1.29, 1.82) is 0 Å². The summed E-state index contributed by atoms with van der Waals surface area (Å²) < 4.78 is 7.78. The molecule has 0 atom stereocenters. The van der Waals surface area contributed by atoms with Gasteiger partial charge in [-0.25, -0.2) is 0 Å². The number of aliphatic carboxylic acids is 1. The van der Waals surface area contributed by atoms with E-state index in [1.165, 1.54) is 0 Å². The average Bonchev–Trinajstić information content (AvgIpc) is 2.99. The molecule has 0 saturated carbocycles. The predicted molar refractivity (Wildman–Crippen MR) is 92.4 cm³/mol. The van der Waals surface area contributed by atoms with Crippen molar-refractivity contribution in [3.8, 4) is 16.9 Å². The molecule has 1 aromatic carbocycles. The van der Waals surface area contributed by atoms with E-state index >= 15 is 0 Å². The highest BCUT2D eigenvalue weighted by atomic mass is 32.1. The van der Waals surface area contributed by atoms with Gasteiger partial charge in [0.05, 0.1) is 11.3 Å². The van der Waals surface area contributed by atoms with Crippen LogP contribution in [0.15, 0.2) is 41.9 Å². The molecule has 2 aromatic heterocycles. The van der Waals surface area contributed by atoms with E-state index in [2.05, 4.69) is 6.07 Å². The summed E-state index contributed by atoms with van der Waals surface area (Å²) in [5.41, 5.74) is 2.75. The quantitative estimate of drug-likeness (QED) is 0.768. The summed E-state index contributed by atoms with van der Waals surface area (Å²) in [4.78, 5) is 12.0. The predicted octanol–water partition coefficient (Wildman–Crippen LogP) is 4.47. The number of carboxylic acids is 1. The minimum atomic E-state index is -0.816. The summed E-state index contributed by atoms with van der Waals surface area (Å²) >= 11 is 1.56. The third-order valence-electron chi connectivity index (χ3n) is 3.35. The number of hydrogen-bond donors (Lipinski definition) is 1. The number of benzene rings is 1. The van der Waals surface area contributed by atoms with Crippen molar-refractivity contribution < 1.29 is 14.6 Å². The fraction of sp³-hybridized carbons (Fsp3) is 0.278. The average molecular weight is 329 g/mol. The Kier molecular flexibility index (Phi) is 3.90. The smallest absolute Gasteiger partial charge is 0.309 e. The molecule has 3 aromatic rings. The number of fused-ring (bicyclic) bond motifs is 1. The molecule has 0 bridgehead atoms. The van der Waals surface area contributed by atoms with Crippen molar-refractivity contribution in [2.45, 2.75) is 32.8 Å². The lowest BCUT2D eigenvalue weighted by molar-refractivity contribution is -0.136. The Morgan fingerprint density at radius 1 is 1.22 bits per heavy atom. The highest BCUT2D eigenvalue weighted by Gasteiger charge is 2.13. The minimum Gasteiger partial charge on any atom is -0.488 e. The van der Waals surface area contributed by atoms with E-state index in [0.717, 1.165) is 27.4 Å². The van der Waals surface area contributed by atoms with Crippen LogP contribution in [0.1, 0.15) is 26.5 Å². The molecule has 23 heavy (non-hydrogen) atoms. The van der Waals surface area contributed by atoms with Gasteiger partial charge in [0.25, 0.3) is 0 Å². The maximum absolute atomic E-state index is 10.9. The Morgan fingerprint density at radius 2 is 1.91 bits per heavy atom. The highest BCUT2D eigenvalue weighted by Crippen LogP contribution is 2.29. The fourth-order valence-corrected chi connectivity index (χ4v) is 3.38. The first-order valence-electron chi connectivity index (χ1n) is 7.41. The van der Waals surface area contributed by atoms with Gasteiger partial charge in [-0.3, -0.25) is 4.79 Å². The van der Waals surface area contributed by atoms with Gasteiger partial charge in [0, 0.05) is 22.8 Å². The third kappa shape index (κ3) is 3.56. The van der Waals surface area contributed by atoms with E-state index in [-0.39, 0.29) is 12.0 Å². The summed E-state index contributed by atoms with van der Waals surface area (Å²) in [5, 5.41) is 10.9. The molecular formula is C18H19NO3S. The van der Waals surface area contributed by atoms with Gasteiger partial charge in [-0.1, -0.05) is 12.1 Å². The SMILES string of the molecule is CC(C)(C)Oc1ccc(-c2cc3scc(CC(=O)O)n3c2)cc1. The number of ether oxygens (including phenoxy) is 1. The molecule has 0 amide bonds. The second-order valence-electron chi connectivity index (χ2n) is 6.47. The van der Waals surface area contributed by atoms with Crippen LogP contribution in [0.5, 0.6) is 5.75 Å². The Hall–Kier alpha value is -2.27. The van der Waals surface area contributed by atoms with Gasteiger partial charge < -0.3 is 14.2 Å². The van der Waals surface area contributed by atoms with Crippen molar-refractivity contribution >= 4 is 22.1 Å². The molecule has 1 N–H and O–H groups in total. The molecule has 5 heteroatoms. The second kappa shape index (κ2) is 5.74. The van der Waals surface area contributed by atoms with E-state index in [0.29, 0.717) is 0 Å².